The van der Waals surface area contributed by atoms with E-state index in [0.29, 0.717) is 50.3 Å². The molecule has 2 aromatic rings. The Kier molecular flexibility index (Phi) is 8.81. The van der Waals surface area contributed by atoms with Crippen LogP contribution >= 0.6 is 0 Å². The van der Waals surface area contributed by atoms with Crippen LogP contribution in [0, 0.1) is 6.57 Å². The van der Waals surface area contributed by atoms with E-state index in [4.69, 9.17) is 11.3 Å². The van der Waals surface area contributed by atoms with Gasteiger partial charge in [-0.25, -0.2) is 19.0 Å². The van der Waals surface area contributed by atoms with Crippen LogP contribution in [0.3, 0.4) is 0 Å². The van der Waals surface area contributed by atoms with E-state index < -0.39 is 17.4 Å². The van der Waals surface area contributed by atoms with Gasteiger partial charge < -0.3 is 9.64 Å². The third kappa shape index (κ3) is 7.26. The Morgan fingerprint density at radius 3 is 2.52 bits per heavy atom. The number of benzene rings is 1. The molecule has 224 valence electrons. The lowest BCUT2D eigenvalue weighted by molar-refractivity contribution is -0.149. The second-order valence-corrected chi connectivity index (χ2v) is 12.7. The van der Waals surface area contributed by atoms with Crippen molar-refractivity contribution in [1.29, 1.82) is 0 Å². The van der Waals surface area contributed by atoms with E-state index >= 15 is 4.39 Å². The highest BCUT2D eigenvalue weighted by molar-refractivity contribution is 5.85. The summed E-state index contributed by atoms with van der Waals surface area (Å²) in [6.07, 6.45) is 4.06. The molecule has 1 N–H and O–H groups in total. The van der Waals surface area contributed by atoms with Crippen molar-refractivity contribution in [2.24, 2.45) is 0 Å². The summed E-state index contributed by atoms with van der Waals surface area (Å²) in [6, 6.07) is 10.0. The first kappa shape index (κ1) is 29.9. The Morgan fingerprint density at radius 1 is 1.10 bits per heavy atom. The van der Waals surface area contributed by atoms with Crippen LogP contribution in [0.15, 0.2) is 36.5 Å². The average molecular weight is 577 g/mol. The Hall–Kier alpha value is -3.55. The lowest BCUT2D eigenvalue weighted by atomic mass is 9.90. The molecule has 3 aliphatic heterocycles. The molecule has 42 heavy (non-hydrogen) atoms. The maximum Gasteiger partial charge on any atom is 0.413 e. The molecule has 2 saturated heterocycles. The van der Waals surface area contributed by atoms with Crippen LogP contribution in [-0.2, 0) is 29.0 Å². The number of aromatic nitrogens is 1. The molecule has 0 bridgehead atoms. The molecule has 1 aromatic heterocycles. The summed E-state index contributed by atoms with van der Waals surface area (Å²) in [5.74, 6) is 0.0399. The zero-order chi connectivity index (χ0) is 29.9. The fraction of sp³-hybridized carbons (Fsp3) is 0.562. The molecule has 1 aromatic carbocycles. The van der Waals surface area contributed by atoms with E-state index in [9.17, 15) is 9.59 Å². The van der Waals surface area contributed by atoms with Crippen molar-refractivity contribution in [1.82, 2.24) is 19.7 Å². The number of ether oxygens (including phenoxy) is 1. The summed E-state index contributed by atoms with van der Waals surface area (Å²) >= 11 is 0. The maximum absolute atomic E-state index is 16.0. The molecule has 2 amide bonds. The number of hydrogen-bond acceptors (Lipinski definition) is 6. The Labute approximate surface area is 247 Å². The van der Waals surface area contributed by atoms with Crippen LogP contribution in [0.2, 0.25) is 0 Å². The van der Waals surface area contributed by atoms with Gasteiger partial charge in [-0.3, -0.25) is 19.9 Å². The first-order chi connectivity index (χ1) is 20.0. The summed E-state index contributed by atoms with van der Waals surface area (Å²) in [5, 5.41) is 2.66. The largest absolute Gasteiger partial charge is 0.444 e. The number of piperidine rings is 2. The molecule has 0 radical (unpaired) electrons. The molecule has 2 fully saturated rings. The fourth-order valence-electron chi connectivity index (χ4n) is 6.25. The first-order valence-electron chi connectivity index (χ1n) is 14.9. The maximum atomic E-state index is 16.0. The van der Waals surface area contributed by atoms with Gasteiger partial charge in [0, 0.05) is 70.9 Å². The molecular formula is C32H41FN6O3. The molecule has 5 rings (SSSR count). The van der Waals surface area contributed by atoms with Gasteiger partial charge in [0.15, 0.2) is 11.4 Å². The SMILES string of the molecule is [C-]#[N+]c1ccc2c(c1)CN(C1CCN(C(=O)C3(F)CCN(Cc4ccnc(NC(=O)OC(C)(C)C)c4)CC3)CC1)CC2. The number of carbonyl (C=O) groups excluding carboxylic acids is 2. The Balaban J connectivity index is 1.09. The van der Waals surface area contributed by atoms with Gasteiger partial charge in [0.05, 0.1) is 6.57 Å². The minimum Gasteiger partial charge on any atom is -0.444 e. The van der Waals surface area contributed by atoms with Crippen LogP contribution in [0.4, 0.5) is 20.7 Å². The van der Waals surface area contributed by atoms with Gasteiger partial charge in [0.1, 0.15) is 11.4 Å². The third-order valence-corrected chi connectivity index (χ3v) is 8.52. The predicted molar refractivity (Wildman–Crippen MR) is 159 cm³/mol. The monoisotopic (exact) mass is 576 g/mol. The van der Waals surface area contributed by atoms with E-state index in [1.165, 1.54) is 11.1 Å². The number of hydrogen-bond donors (Lipinski definition) is 1. The molecule has 0 unspecified atom stereocenters. The Morgan fingerprint density at radius 2 is 1.83 bits per heavy atom. The van der Waals surface area contributed by atoms with E-state index in [2.05, 4.69) is 31.0 Å². The average Bonchev–Trinajstić information content (AvgIpc) is 2.96. The zero-order valence-electron chi connectivity index (χ0n) is 24.9. The van der Waals surface area contributed by atoms with Crippen molar-refractivity contribution in [3.05, 3.63) is 64.6 Å². The smallest absolute Gasteiger partial charge is 0.413 e. The standard InChI is InChI=1S/C32H41FN6O3/c1-31(2,3)42-30(41)36-28-19-23(7-13-35-28)21-37-17-11-32(33,12-18-37)29(40)38-15-9-27(10-16-38)39-14-8-24-5-6-26(34-4)20-25(24)22-39/h5-7,13,19-20,27H,8-12,14-18,21-22H2,1-3H3,(H,35,36,41). The second kappa shape index (κ2) is 12.4. The van der Waals surface area contributed by atoms with Gasteiger partial charge >= 0.3 is 6.09 Å². The number of nitrogens with zero attached hydrogens (tertiary/aromatic N) is 5. The van der Waals surface area contributed by atoms with Gasteiger partial charge in [-0.1, -0.05) is 18.2 Å². The quantitative estimate of drug-likeness (QED) is 0.485. The second-order valence-electron chi connectivity index (χ2n) is 12.7. The summed E-state index contributed by atoms with van der Waals surface area (Å²) in [4.78, 5) is 39.5. The van der Waals surface area contributed by atoms with Crippen LogP contribution in [0.25, 0.3) is 4.85 Å². The highest BCUT2D eigenvalue weighted by Crippen LogP contribution is 2.32. The van der Waals surface area contributed by atoms with Crippen molar-refractivity contribution >= 4 is 23.5 Å². The molecule has 4 heterocycles. The highest BCUT2D eigenvalue weighted by Gasteiger charge is 2.45. The van der Waals surface area contributed by atoms with Crippen molar-refractivity contribution in [3.63, 3.8) is 0 Å². The molecule has 0 saturated carbocycles. The van der Waals surface area contributed by atoms with Crippen LogP contribution in [0.5, 0.6) is 0 Å². The number of fused-ring (bicyclic) bond motifs is 1. The Bertz CT molecular complexity index is 1340. The number of amides is 2. The minimum atomic E-state index is -1.83. The molecule has 3 aliphatic rings. The van der Waals surface area contributed by atoms with Gasteiger partial charge in [0.25, 0.3) is 5.91 Å². The third-order valence-electron chi connectivity index (χ3n) is 8.52. The number of nitrogens with one attached hydrogen (secondary N) is 1. The normalized spacial score (nSPS) is 19.9. The van der Waals surface area contributed by atoms with Gasteiger partial charge in [-0.2, -0.15) is 0 Å². The highest BCUT2D eigenvalue weighted by atomic mass is 19.1. The molecule has 0 spiro atoms. The number of likely N-dealkylation sites (tertiary alicyclic amines) is 2. The number of pyridine rings is 1. The molecule has 10 heteroatoms. The van der Waals surface area contributed by atoms with E-state index in [0.717, 1.165) is 37.9 Å². The van der Waals surface area contributed by atoms with Gasteiger partial charge in [-0.05, 0) is 68.9 Å². The molecule has 9 nitrogen and oxygen atoms in total. The van der Waals surface area contributed by atoms with Crippen LogP contribution in [0.1, 0.15) is 63.1 Å². The van der Waals surface area contributed by atoms with E-state index in [-0.39, 0.29) is 18.7 Å². The molecule has 0 aliphatic carbocycles. The van der Waals surface area contributed by atoms with E-state index in [1.54, 1.807) is 37.9 Å². The predicted octanol–water partition coefficient (Wildman–Crippen LogP) is 5.33. The van der Waals surface area contributed by atoms with Crippen molar-refractivity contribution in [2.45, 2.75) is 83.3 Å². The summed E-state index contributed by atoms with van der Waals surface area (Å²) < 4.78 is 21.3. The van der Waals surface area contributed by atoms with Crippen LogP contribution in [-0.4, -0.2) is 81.7 Å². The van der Waals surface area contributed by atoms with Gasteiger partial charge in [-0.15, -0.1) is 0 Å². The van der Waals surface area contributed by atoms with Crippen LogP contribution < -0.4 is 5.32 Å². The molecule has 0 atom stereocenters. The number of rotatable bonds is 5. The summed E-state index contributed by atoms with van der Waals surface area (Å²) in [5.41, 5.74) is 1.74. The summed E-state index contributed by atoms with van der Waals surface area (Å²) in [6.45, 7) is 17.2. The van der Waals surface area contributed by atoms with Crippen molar-refractivity contribution in [3.8, 4) is 0 Å². The van der Waals surface area contributed by atoms with Crippen molar-refractivity contribution < 1.29 is 18.7 Å². The lowest BCUT2D eigenvalue weighted by Crippen LogP contribution is -2.55. The van der Waals surface area contributed by atoms with E-state index in [1.807, 2.05) is 18.2 Å². The lowest BCUT2D eigenvalue weighted by Gasteiger charge is -2.43. The molecular weight excluding hydrogens is 535 g/mol. The van der Waals surface area contributed by atoms with Crippen molar-refractivity contribution in [2.75, 3.05) is 38.0 Å². The number of alkyl halides is 1. The number of carbonyl (C=O) groups is 2. The number of halogens is 1. The number of anilines is 1. The summed E-state index contributed by atoms with van der Waals surface area (Å²) in [7, 11) is 0. The minimum absolute atomic E-state index is 0.173. The zero-order valence-corrected chi connectivity index (χ0v) is 24.9. The fourth-order valence-corrected chi connectivity index (χ4v) is 6.25. The van der Waals surface area contributed by atoms with Gasteiger partial charge in [0.2, 0.25) is 0 Å². The first-order valence-corrected chi connectivity index (χ1v) is 14.9. The topological polar surface area (TPSA) is 82.4 Å².